The lowest BCUT2D eigenvalue weighted by Gasteiger charge is -2.05. The van der Waals surface area contributed by atoms with Crippen molar-refractivity contribution in [3.8, 4) is 11.4 Å². The average molecular weight is 329 g/mol. The Morgan fingerprint density at radius 1 is 1.31 bits per heavy atom. The van der Waals surface area contributed by atoms with Crippen LogP contribution in [0.5, 0.6) is 0 Å². The summed E-state index contributed by atoms with van der Waals surface area (Å²) in [6.45, 7) is 1.85. The summed E-state index contributed by atoms with van der Waals surface area (Å²) in [7, 11) is 0. The SMILES string of the molecule is Cc1nc(-c2cccc(F)c2)nc(N)c1I. The van der Waals surface area contributed by atoms with Gasteiger partial charge in [0.25, 0.3) is 0 Å². The van der Waals surface area contributed by atoms with Crippen LogP contribution in [-0.2, 0) is 0 Å². The zero-order chi connectivity index (χ0) is 11.7. The minimum absolute atomic E-state index is 0.309. The molecule has 0 aliphatic rings. The fourth-order valence-electron chi connectivity index (χ4n) is 1.34. The van der Waals surface area contributed by atoms with Gasteiger partial charge in [0.2, 0.25) is 0 Å². The highest BCUT2D eigenvalue weighted by Crippen LogP contribution is 2.21. The summed E-state index contributed by atoms with van der Waals surface area (Å²) in [4.78, 5) is 8.42. The first-order valence-electron chi connectivity index (χ1n) is 4.63. The van der Waals surface area contributed by atoms with Gasteiger partial charge in [-0.05, 0) is 41.6 Å². The molecular weight excluding hydrogens is 320 g/mol. The lowest BCUT2D eigenvalue weighted by Crippen LogP contribution is -2.02. The molecule has 82 valence electrons. The zero-order valence-electron chi connectivity index (χ0n) is 8.54. The zero-order valence-corrected chi connectivity index (χ0v) is 10.7. The number of hydrogen-bond acceptors (Lipinski definition) is 3. The van der Waals surface area contributed by atoms with Crippen molar-refractivity contribution in [2.45, 2.75) is 6.92 Å². The number of rotatable bonds is 1. The molecule has 1 aromatic heterocycles. The maximum Gasteiger partial charge on any atom is 0.161 e. The molecule has 0 amide bonds. The van der Waals surface area contributed by atoms with Gasteiger partial charge in [0.05, 0.1) is 9.26 Å². The Balaban J connectivity index is 2.57. The molecule has 0 aliphatic carbocycles. The van der Waals surface area contributed by atoms with Gasteiger partial charge in [0.15, 0.2) is 5.82 Å². The number of benzene rings is 1. The van der Waals surface area contributed by atoms with Crippen LogP contribution in [-0.4, -0.2) is 9.97 Å². The molecule has 0 atom stereocenters. The third kappa shape index (κ3) is 2.13. The van der Waals surface area contributed by atoms with Gasteiger partial charge >= 0.3 is 0 Å². The topological polar surface area (TPSA) is 51.8 Å². The fourth-order valence-corrected chi connectivity index (χ4v) is 1.58. The molecule has 0 fully saturated rings. The summed E-state index contributed by atoms with van der Waals surface area (Å²) in [6.07, 6.45) is 0. The molecule has 2 rings (SSSR count). The lowest BCUT2D eigenvalue weighted by molar-refractivity contribution is 0.628. The molecule has 0 saturated carbocycles. The molecule has 0 spiro atoms. The first-order chi connectivity index (χ1) is 7.58. The number of nitrogen functional groups attached to an aromatic ring is 1. The van der Waals surface area contributed by atoms with E-state index in [9.17, 15) is 4.39 Å². The predicted molar refractivity (Wildman–Crippen MR) is 69.3 cm³/mol. The highest BCUT2D eigenvalue weighted by atomic mass is 127. The van der Waals surface area contributed by atoms with Crippen LogP contribution in [0.2, 0.25) is 0 Å². The standard InChI is InChI=1S/C11H9FIN3/c1-6-9(13)10(14)16-11(15-6)7-3-2-4-8(12)5-7/h2-5H,1H3,(H2,14,15,16). The highest BCUT2D eigenvalue weighted by molar-refractivity contribution is 14.1. The van der Waals surface area contributed by atoms with E-state index >= 15 is 0 Å². The molecule has 0 unspecified atom stereocenters. The van der Waals surface area contributed by atoms with Gasteiger partial charge in [0, 0.05) is 5.56 Å². The van der Waals surface area contributed by atoms with E-state index < -0.39 is 0 Å². The lowest BCUT2D eigenvalue weighted by atomic mass is 10.2. The summed E-state index contributed by atoms with van der Waals surface area (Å²) in [5, 5.41) is 0. The highest BCUT2D eigenvalue weighted by Gasteiger charge is 2.08. The van der Waals surface area contributed by atoms with E-state index in [2.05, 4.69) is 32.6 Å². The maximum atomic E-state index is 13.0. The molecule has 5 heteroatoms. The van der Waals surface area contributed by atoms with Gasteiger partial charge in [-0.3, -0.25) is 0 Å². The second-order valence-electron chi connectivity index (χ2n) is 3.34. The monoisotopic (exact) mass is 329 g/mol. The smallest absolute Gasteiger partial charge is 0.161 e. The number of anilines is 1. The van der Waals surface area contributed by atoms with Gasteiger partial charge in [-0.1, -0.05) is 12.1 Å². The number of aromatic nitrogens is 2. The Bertz CT molecular complexity index is 519. The molecular formula is C11H9FIN3. The number of nitrogens with zero attached hydrogens (tertiary/aromatic N) is 2. The van der Waals surface area contributed by atoms with E-state index in [1.807, 2.05) is 6.92 Å². The van der Waals surface area contributed by atoms with Crippen molar-refractivity contribution in [1.82, 2.24) is 9.97 Å². The number of hydrogen-bond donors (Lipinski definition) is 1. The predicted octanol–water partition coefficient (Wildman–Crippen LogP) is 2.78. The first-order valence-corrected chi connectivity index (χ1v) is 5.71. The third-order valence-corrected chi connectivity index (χ3v) is 3.46. The van der Waals surface area contributed by atoms with Crippen LogP contribution in [0.3, 0.4) is 0 Å². The van der Waals surface area contributed by atoms with Crippen molar-refractivity contribution >= 4 is 28.4 Å². The maximum absolute atomic E-state index is 13.0. The van der Waals surface area contributed by atoms with Crippen molar-refractivity contribution in [2.75, 3.05) is 5.73 Å². The largest absolute Gasteiger partial charge is 0.383 e. The number of nitrogens with two attached hydrogens (primary N) is 1. The summed E-state index contributed by atoms with van der Waals surface area (Å²) < 4.78 is 13.9. The molecule has 16 heavy (non-hydrogen) atoms. The Labute approximate surface area is 106 Å². The van der Waals surface area contributed by atoms with Crippen molar-refractivity contribution in [3.63, 3.8) is 0 Å². The summed E-state index contributed by atoms with van der Waals surface area (Å²) in [5.74, 6) is 0.568. The van der Waals surface area contributed by atoms with E-state index in [4.69, 9.17) is 5.73 Å². The minimum atomic E-state index is -0.309. The molecule has 1 heterocycles. The van der Waals surface area contributed by atoms with Gasteiger partial charge in [-0.25, -0.2) is 14.4 Å². The molecule has 0 radical (unpaired) electrons. The van der Waals surface area contributed by atoms with Gasteiger partial charge in [-0.2, -0.15) is 0 Å². The van der Waals surface area contributed by atoms with E-state index in [0.29, 0.717) is 17.2 Å². The van der Waals surface area contributed by atoms with Crippen molar-refractivity contribution in [1.29, 1.82) is 0 Å². The van der Waals surface area contributed by atoms with Crippen LogP contribution in [0.15, 0.2) is 24.3 Å². The fraction of sp³-hybridized carbons (Fsp3) is 0.0909. The second-order valence-corrected chi connectivity index (χ2v) is 4.42. The Morgan fingerprint density at radius 3 is 2.69 bits per heavy atom. The molecule has 0 aliphatic heterocycles. The quantitative estimate of drug-likeness (QED) is 0.819. The summed E-state index contributed by atoms with van der Waals surface area (Å²) >= 11 is 2.09. The van der Waals surface area contributed by atoms with E-state index in [1.54, 1.807) is 12.1 Å². The third-order valence-electron chi connectivity index (χ3n) is 2.13. The second kappa shape index (κ2) is 4.32. The van der Waals surface area contributed by atoms with Crippen LogP contribution >= 0.6 is 22.6 Å². The van der Waals surface area contributed by atoms with Crippen LogP contribution in [0.1, 0.15) is 5.69 Å². The van der Waals surface area contributed by atoms with E-state index in [0.717, 1.165) is 9.26 Å². The Morgan fingerprint density at radius 2 is 2.06 bits per heavy atom. The molecule has 2 aromatic rings. The van der Waals surface area contributed by atoms with Crippen LogP contribution in [0.25, 0.3) is 11.4 Å². The van der Waals surface area contributed by atoms with Crippen molar-refractivity contribution in [3.05, 3.63) is 39.3 Å². The first kappa shape index (κ1) is 11.3. The molecule has 2 N–H and O–H groups in total. The van der Waals surface area contributed by atoms with Crippen LogP contribution in [0.4, 0.5) is 10.2 Å². The average Bonchev–Trinajstić information content (AvgIpc) is 2.25. The number of aryl methyl sites for hydroxylation is 1. The van der Waals surface area contributed by atoms with Gasteiger partial charge < -0.3 is 5.73 Å². The van der Waals surface area contributed by atoms with E-state index in [1.165, 1.54) is 12.1 Å². The van der Waals surface area contributed by atoms with Gasteiger partial charge in [0.1, 0.15) is 11.6 Å². The summed E-state index contributed by atoms with van der Waals surface area (Å²) in [6, 6.07) is 6.15. The van der Waals surface area contributed by atoms with Crippen molar-refractivity contribution < 1.29 is 4.39 Å². The van der Waals surface area contributed by atoms with Gasteiger partial charge in [-0.15, -0.1) is 0 Å². The van der Waals surface area contributed by atoms with Crippen molar-refractivity contribution in [2.24, 2.45) is 0 Å². The normalized spacial score (nSPS) is 10.4. The van der Waals surface area contributed by atoms with Crippen LogP contribution < -0.4 is 5.73 Å². The molecule has 0 saturated heterocycles. The van der Waals surface area contributed by atoms with E-state index in [-0.39, 0.29) is 5.82 Å². The molecule has 3 nitrogen and oxygen atoms in total. The minimum Gasteiger partial charge on any atom is -0.383 e. The molecule has 1 aromatic carbocycles. The molecule has 0 bridgehead atoms. The Hall–Kier alpha value is -1.24. The Kier molecular flexibility index (Phi) is 3.04. The number of halogens is 2. The summed E-state index contributed by atoms with van der Waals surface area (Å²) in [5.41, 5.74) is 7.17. The van der Waals surface area contributed by atoms with Crippen LogP contribution in [0, 0.1) is 16.3 Å².